The molecule has 2 aliphatic rings. The highest BCUT2D eigenvalue weighted by Gasteiger charge is 2.23. The second-order valence-corrected chi connectivity index (χ2v) is 5.77. The van der Waals surface area contributed by atoms with Gasteiger partial charge in [-0.3, -0.25) is 0 Å². The second kappa shape index (κ2) is 5.31. The highest BCUT2D eigenvalue weighted by atomic mass is 15.1. The largest absolute Gasteiger partial charge is 0.314 e. The topological polar surface area (TPSA) is 15.3 Å². The molecule has 2 nitrogen and oxygen atoms in total. The average molecular weight is 210 g/mol. The first kappa shape index (κ1) is 11.4. The van der Waals surface area contributed by atoms with Crippen LogP contribution in [-0.4, -0.2) is 37.6 Å². The maximum absolute atomic E-state index is 3.78. The van der Waals surface area contributed by atoms with E-state index in [0.717, 1.165) is 17.9 Å². The molecule has 1 aliphatic heterocycles. The average Bonchev–Trinajstić information content (AvgIpc) is 2.64. The molecule has 0 aromatic carbocycles. The van der Waals surface area contributed by atoms with Gasteiger partial charge in [0.05, 0.1) is 0 Å². The summed E-state index contributed by atoms with van der Waals surface area (Å²) in [5.74, 6) is 1.95. The van der Waals surface area contributed by atoms with Gasteiger partial charge in [0.2, 0.25) is 0 Å². The fourth-order valence-electron chi connectivity index (χ4n) is 3.06. The summed E-state index contributed by atoms with van der Waals surface area (Å²) in [6.07, 6.45) is 7.07. The van der Waals surface area contributed by atoms with E-state index in [2.05, 4.69) is 24.2 Å². The molecule has 0 radical (unpaired) electrons. The maximum Gasteiger partial charge on any atom is 0.00915 e. The molecule has 0 amide bonds. The summed E-state index contributed by atoms with van der Waals surface area (Å²) in [4.78, 5) is 2.44. The quantitative estimate of drug-likeness (QED) is 0.767. The van der Waals surface area contributed by atoms with E-state index in [1.807, 2.05) is 0 Å². The zero-order valence-corrected chi connectivity index (χ0v) is 10.3. The van der Waals surface area contributed by atoms with Crippen molar-refractivity contribution in [2.75, 3.05) is 26.7 Å². The minimum absolute atomic E-state index is 0.803. The van der Waals surface area contributed by atoms with Crippen molar-refractivity contribution in [3.05, 3.63) is 0 Å². The first-order chi connectivity index (χ1) is 7.24. The van der Waals surface area contributed by atoms with Crippen LogP contribution in [-0.2, 0) is 0 Å². The van der Waals surface area contributed by atoms with Crippen LogP contribution in [0, 0.1) is 11.8 Å². The van der Waals surface area contributed by atoms with E-state index in [-0.39, 0.29) is 0 Å². The minimum atomic E-state index is 0.803. The lowest BCUT2D eigenvalue weighted by Gasteiger charge is -2.30. The van der Waals surface area contributed by atoms with Gasteiger partial charge in [-0.1, -0.05) is 13.3 Å². The molecule has 2 fully saturated rings. The Labute approximate surface area is 94.4 Å². The van der Waals surface area contributed by atoms with Crippen LogP contribution in [0.4, 0.5) is 0 Å². The van der Waals surface area contributed by atoms with Crippen molar-refractivity contribution in [1.82, 2.24) is 10.2 Å². The zero-order valence-electron chi connectivity index (χ0n) is 10.3. The summed E-state index contributed by atoms with van der Waals surface area (Å²) in [7, 11) is 2.23. The van der Waals surface area contributed by atoms with Crippen LogP contribution in [0.25, 0.3) is 0 Å². The van der Waals surface area contributed by atoms with Gasteiger partial charge in [-0.05, 0) is 64.2 Å². The first-order valence-corrected chi connectivity index (χ1v) is 6.66. The third-order valence-corrected chi connectivity index (χ3v) is 4.22. The molecule has 1 heterocycles. The lowest BCUT2D eigenvalue weighted by Crippen LogP contribution is -2.42. The number of piperidine rings is 1. The highest BCUT2D eigenvalue weighted by molar-refractivity contribution is 4.79. The Kier molecular flexibility index (Phi) is 4.04. The summed E-state index contributed by atoms with van der Waals surface area (Å²) >= 11 is 0. The van der Waals surface area contributed by atoms with Crippen LogP contribution < -0.4 is 5.32 Å². The number of likely N-dealkylation sites (tertiary alicyclic amines) is 1. The maximum atomic E-state index is 3.78. The third-order valence-electron chi connectivity index (χ3n) is 4.22. The zero-order chi connectivity index (χ0) is 10.7. The summed E-state index contributed by atoms with van der Waals surface area (Å²) in [5.41, 5.74) is 0. The number of nitrogens with one attached hydrogen (secondary N) is 1. The Morgan fingerprint density at radius 2 is 1.87 bits per heavy atom. The van der Waals surface area contributed by atoms with Crippen LogP contribution >= 0.6 is 0 Å². The van der Waals surface area contributed by atoms with Gasteiger partial charge in [0.25, 0.3) is 0 Å². The Balaban J connectivity index is 1.61. The number of hydrogen-bond acceptors (Lipinski definition) is 2. The monoisotopic (exact) mass is 210 g/mol. The Hall–Kier alpha value is -0.0800. The molecule has 0 spiro atoms. The summed E-state index contributed by atoms with van der Waals surface area (Å²) in [6.45, 7) is 6.23. The Bertz CT molecular complexity index is 185. The van der Waals surface area contributed by atoms with Gasteiger partial charge in [-0.15, -0.1) is 0 Å². The molecule has 0 bridgehead atoms. The van der Waals surface area contributed by atoms with E-state index in [1.165, 1.54) is 51.7 Å². The molecule has 0 aromatic heterocycles. The second-order valence-electron chi connectivity index (χ2n) is 5.77. The molecule has 1 N–H and O–H groups in total. The number of rotatable bonds is 3. The standard InChI is InChI=1S/C13H26N2/c1-11-3-4-12(9-11)10-14-13-5-7-15(2)8-6-13/h11-14H,3-10H2,1-2H3. The van der Waals surface area contributed by atoms with Gasteiger partial charge in [0.1, 0.15) is 0 Å². The molecule has 2 heteroatoms. The molecule has 0 aromatic rings. The molecule has 2 rings (SSSR count). The number of hydrogen-bond donors (Lipinski definition) is 1. The lowest BCUT2D eigenvalue weighted by molar-refractivity contribution is 0.229. The van der Waals surface area contributed by atoms with Gasteiger partial charge < -0.3 is 10.2 Å². The van der Waals surface area contributed by atoms with Gasteiger partial charge in [-0.2, -0.15) is 0 Å². The molecule has 1 saturated carbocycles. The van der Waals surface area contributed by atoms with Crippen molar-refractivity contribution in [3.8, 4) is 0 Å². The molecular weight excluding hydrogens is 184 g/mol. The summed E-state index contributed by atoms with van der Waals surface area (Å²) in [6, 6.07) is 0.803. The molecule has 2 atom stereocenters. The molecule has 1 aliphatic carbocycles. The van der Waals surface area contributed by atoms with E-state index in [4.69, 9.17) is 0 Å². The minimum Gasteiger partial charge on any atom is -0.314 e. The molecular formula is C13H26N2. The third kappa shape index (κ3) is 3.46. The van der Waals surface area contributed by atoms with E-state index in [9.17, 15) is 0 Å². The predicted molar refractivity (Wildman–Crippen MR) is 65.0 cm³/mol. The van der Waals surface area contributed by atoms with Gasteiger partial charge in [0.15, 0.2) is 0 Å². The Morgan fingerprint density at radius 3 is 2.47 bits per heavy atom. The summed E-state index contributed by atoms with van der Waals surface area (Å²) in [5, 5.41) is 3.78. The van der Waals surface area contributed by atoms with Crippen molar-refractivity contribution >= 4 is 0 Å². The number of nitrogens with zero attached hydrogens (tertiary/aromatic N) is 1. The van der Waals surface area contributed by atoms with Crippen LogP contribution in [0.2, 0.25) is 0 Å². The fourth-order valence-corrected chi connectivity index (χ4v) is 3.06. The first-order valence-electron chi connectivity index (χ1n) is 6.66. The SMILES string of the molecule is CC1CCC(CNC2CCN(C)CC2)C1. The van der Waals surface area contributed by atoms with Crippen LogP contribution in [0.5, 0.6) is 0 Å². The van der Waals surface area contributed by atoms with Gasteiger partial charge >= 0.3 is 0 Å². The highest BCUT2D eigenvalue weighted by Crippen LogP contribution is 2.29. The van der Waals surface area contributed by atoms with Crippen molar-refractivity contribution < 1.29 is 0 Å². The predicted octanol–water partition coefficient (Wildman–Crippen LogP) is 2.11. The van der Waals surface area contributed by atoms with E-state index in [0.29, 0.717) is 0 Å². The Morgan fingerprint density at radius 1 is 1.13 bits per heavy atom. The fraction of sp³-hybridized carbons (Fsp3) is 1.00. The van der Waals surface area contributed by atoms with Crippen molar-refractivity contribution in [1.29, 1.82) is 0 Å². The van der Waals surface area contributed by atoms with E-state index < -0.39 is 0 Å². The van der Waals surface area contributed by atoms with Crippen LogP contribution in [0.15, 0.2) is 0 Å². The van der Waals surface area contributed by atoms with Crippen molar-refractivity contribution in [2.24, 2.45) is 11.8 Å². The molecule has 88 valence electrons. The lowest BCUT2D eigenvalue weighted by atomic mass is 10.0. The van der Waals surface area contributed by atoms with Crippen molar-refractivity contribution in [3.63, 3.8) is 0 Å². The smallest absolute Gasteiger partial charge is 0.00915 e. The van der Waals surface area contributed by atoms with Crippen LogP contribution in [0.1, 0.15) is 39.0 Å². The van der Waals surface area contributed by atoms with Crippen LogP contribution in [0.3, 0.4) is 0 Å². The van der Waals surface area contributed by atoms with Crippen molar-refractivity contribution in [2.45, 2.75) is 45.1 Å². The normalized spacial score (nSPS) is 34.8. The van der Waals surface area contributed by atoms with Gasteiger partial charge in [0, 0.05) is 6.04 Å². The molecule has 1 saturated heterocycles. The summed E-state index contributed by atoms with van der Waals surface area (Å²) < 4.78 is 0. The molecule has 15 heavy (non-hydrogen) atoms. The van der Waals surface area contributed by atoms with E-state index >= 15 is 0 Å². The van der Waals surface area contributed by atoms with Gasteiger partial charge in [-0.25, -0.2) is 0 Å². The van der Waals surface area contributed by atoms with E-state index in [1.54, 1.807) is 0 Å². The molecule has 2 unspecified atom stereocenters.